The van der Waals surface area contributed by atoms with Crippen molar-refractivity contribution in [3.8, 4) is 0 Å². The van der Waals surface area contributed by atoms with E-state index in [1.807, 2.05) is 16.0 Å². The second kappa shape index (κ2) is 37.2. The van der Waals surface area contributed by atoms with Gasteiger partial charge in [0.2, 0.25) is 41.4 Å². The molecule has 7 fully saturated rings. The number of nitrogen functional groups attached to an aromatic ring is 7. The molecule has 0 saturated carbocycles. The first-order valence-corrected chi connectivity index (χ1v) is 43.9. The summed E-state index contributed by atoms with van der Waals surface area (Å²) in [5, 5.41) is 14.2. The van der Waals surface area contributed by atoms with Crippen LogP contribution in [0.2, 0.25) is 0 Å². The number of carbonyl (C=O) groups excluding carboxylic acids is 28. The summed E-state index contributed by atoms with van der Waals surface area (Å²) < 4.78 is 140. The summed E-state index contributed by atoms with van der Waals surface area (Å²) in [5.74, 6) is -22.7. The van der Waals surface area contributed by atoms with Crippen LogP contribution in [-0.4, -0.2) is 238 Å². The quantitative estimate of drug-likeness (QED) is 0.0759. The van der Waals surface area contributed by atoms with E-state index < -0.39 is 298 Å². The fourth-order valence-corrected chi connectivity index (χ4v) is 18.2. The van der Waals surface area contributed by atoms with Gasteiger partial charge in [0.15, 0.2) is 0 Å². The molecule has 14 aliphatic heterocycles. The largest absolute Gasteiger partial charge is 0.398 e. The van der Waals surface area contributed by atoms with Crippen LogP contribution in [0.25, 0.3) is 0 Å². The number of imide groups is 14. The first kappa shape index (κ1) is 80.7. The molecule has 14 aliphatic rings. The van der Waals surface area contributed by atoms with E-state index in [9.17, 15) is 134 Å². The van der Waals surface area contributed by atoms with Crippen molar-refractivity contribution in [2.24, 2.45) is 0 Å². The molecule has 49 nitrogen and oxygen atoms in total. The number of nitrogens with one attached hydrogen (secondary N) is 7. The summed E-state index contributed by atoms with van der Waals surface area (Å²) in [6, 6.07) is 12.2. The number of fused-ring (bicyclic) bond motifs is 7. The molecule has 0 aliphatic carbocycles. The van der Waals surface area contributed by atoms with Gasteiger partial charge in [0.05, 0.1) is 90.2 Å². The predicted molar refractivity (Wildman–Crippen MR) is 505 cm³/mol. The highest BCUT2D eigenvalue weighted by Crippen LogP contribution is 2.45. The summed E-state index contributed by atoms with van der Waals surface area (Å²) in [6.45, 7) is -3.52. The van der Waals surface area contributed by atoms with Gasteiger partial charge in [0, 0.05) is 97.1 Å². The average Bonchev–Trinajstić information content (AvgIpc) is 1.56. The van der Waals surface area contributed by atoms with E-state index >= 15 is 0 Å². The van der Waals surface area contributed by atoms with E-state index in [4.69, 9.17) is 64.8 Å². The molecule has 7 aromatic rings. The SMILES string of the molecule is C[C@@]1(N2C(=O)c3cccc(N)c3C2=O)CCC(=O)NC1=O.[2H]C([2H])([2H])C1(N2C(=O)c3cccc(N)c3C2=O)CCC(=O)NC1=O.[2H]C([2H])([2H])[C@@]1(N2C(=O)c3cccc(N)c3C2=O)CCC(=O)NC1=O.[2H]C([2H])([2H])[C@]1(N2C(=O)c3cccc(N)c3C2=O)CCC(=O)NC1=O.[2H]c1c([2H])c(N)c2c(c1[2H])C(=O)N(C1(C)CCC(=O)NC1=O)C2=O.[2H]c1c([2H])c(N)c2c(c1[2H])C(=O)N([C@@]1(C)CCC(=O)NC1=O)C2=O.[2H]c1c([2H])c(N)c2c(c1[2H])C(=O)N([C@]1(C)CCC(=O)NC1=O)C2=O. The van der Waals surface area contributed by atoms with Crippen molar-refractivity contribution >= 4 is 205 Å². The molecule has 756 valence electrons. The van der Waals surface area contributed by atoms with E-state index in [-0.39, 0.29) is 188 Å². The lowest BCUT2D eigenvalue weighted by Crippen LogP contribution is -2.62. The van der Waals surface area contributed by atoms with Gasteiger partial charge >= 0.3 is 0 Å². The fraction of sp³-hybridized carbons (Fsp3) is 0.286. The molecular weight excluding hydrogens is 1920 g/mol. The highest BCUT2D eigenvalue weighted by atomic mass is 16.2. The Morgan fingerprint density at radius 3 is 0.517 bits per heavy atom. The van der Waals surface area contributed by atoms with Crippen LogP contribution in [-0.2, 0) is 67.1 Å². The molecular formula is C98H91N21O28. The summed E-state index contributed by atoms with van der Waals surface area (Å²) in [7, 11) is 0. The number of hydrogen-bond donors (Lipinski definition) is 14. The van der Waals surface area contributed by atoms with Crippen molar-refractivity contribution in [2.45, 2.75) is 177 Å². The maximum atomic E-state index is 12.7. The fourth-order valence-electron chi connectivity index (χ4n) is 18.2. The minimum absolute atomic E-state index is 0.0151. The zero-order valence-electron chi connectivity index (χ0n) is 94.9. The zero-order chi connectivity index (χ0) is 123. The second-order valence-electron chi connectivity index (χ2n) is 35.6. The smallest absolute Gasteiger partial charge is 0.264 e. The van der Waals surface area contributed by atoms with Gasteiger partial charge in [-0.15, -0.1) is 0 Å². The van der Waals surface area contributed by atoms with Gasteiger partial charge in [0.25, 0.3) is 124 Å². The topological polar surface area (TPSA) is 767 Å². The Morgan fingerprint density at radius 1 is 0.211 bits per heavy atom. The molecule has 147 heavy (non-hydrogen) atoms. The number of anilines is 7. The number of hydrogen-bond acceptors (Lipinski definition) is 35. The highest BCUT2D eigenvalue weighted by Gasteiger charge is 2.61. The van der Waals surface area contributed by atoms with Crippen LogP contribution in [0.4, 0.5) is 39.8 Å². The standard InChI is InChI=1S/7C14H13N3O4/c7*1-14(6-5-9(18)16-13(14)21)17-11(19)7-3-2-4-8(15)10(7)12(17)20/h7*2-4H,5-6,15H2,1H3,(H,16,18,21)/t5*14-;;/m11100../s1/i2D,3D,4D;1D3;;2D,3D,4D;1D3;2D,3D,4D;1D3. The lowest BCUT2D eigenvalue weighted by atomic mass is 9.89. The molecule has 0 bridgehead atoms. The summed E-state index contributed by atoms with van der Waals surface area (Å²) in [4.78, 5) is 347. The van der Waals surface area contributed by atoms with Crippen molar-refractivity contribution in [1.29, 1.82) is 0 Å². The molecule has 14 heterocycles. The zero-order valence-corrected chi connectivity index (χ0v) is 76.9. The molecule has 0 spiro atoms. The van der Waals surface area contributed by atoms with Crippen molar-refractivity contribution < 1.29 is 159 Å². The third-order valence-electron chi connectivity index (χ3n) is 26.5. The number of rotatable bonds is 7. The molecule has 28 amide bonds. The summed E-state index contributed by atoms with van der Waals surface area (Å²) >= 11 is 0. The Balaban J connectivity index is 0.000000142. The summed E-state index contributed by atoms with van der Waals surface area (Å²) in [5.41, 5.74) is 23.2. The number of amides is 28. The van der Waals surface area contributed by atoms with Gasteiger partial charge in [-0.05, 0) is 178 Å². The number of benzene rings is 7. The van der Waals surface area contributed by atoms with Crippen LogP contribution in [0, 0.1) is 0 Å². The molecule has 21 rings (SSSR count). The molecule has 7 saturated heterocycles. The second-order valence-corrected chi connectivity index (χ2v) is 35.6. The molecule has 7 aromatic carbocycles. The molecule has 7 atom stereocenters. The van der Waals surface area contributed by atoms with Crippen LogP contribution in [0.15, 0.2) is 127 Å². The minimum atomic E-state index is -3.01. The van der Waals surface area contributed by atoms with Crippen molar-refractivity contribution in [3.05, 3.63) is 205 Å². The maximum Gasteiger partial charge on any atom is 0.264 e. The van der Waals surface area contributed by atoms with Gasteiger partial charge in [-0.25, -0.2) is 0 Å². The Kier molecular flexibility index (Phi) is 20.4. The predicted octanol–water partition coefficient (Wildman–Crippen LogP) is 0.421. The third kappa shape index (κ3) is 16.7. The van der Waals surface area contributed by atoms with E-state index in [2.05, 4.69) is 21.3 Å². The van der Waals surface area contributed by atoms with Crippen LogP contribution in [0.5, 0.6) is 0 Å². The normalized spacial score (nSPS) is 27.1. The number of nitrogens with zero attached hydrogens (tertiary/aromatic N) is 7. The van der Waals surface area contributed by atoms with Gasteiger partial charge < -0.3 is 40.1 Å². The Morgan fingerprint density at radius 2 is 0.361 bits per heavy atom. The Hall–Kier alpha value is -18.9. The molecule has 49 heteroatoms. The molecule has 21 N–H and O–H groups in total. The van der Waals surface area contributed by atoms with E-state index in [0.717, 1.165) is 4.90 Å². The summed E-state index contributed by atoms with van der Waals surface area (Å²) in [6.07, 6.45) is -2.46. The molecule has 2 unspecified atom stereocenters. The van der Waals surface area contributed by atoms with E-state index in [1.165, 1.54) is 94.4 Å². The van der Waals surface area contributed by atoms with Crippen LogP contribution in [0.1, 0.15) is 308 Å². The average molecular weight is 2030 g/mol. The van der Waals surface area contributed by atoms with Gasteiger partial charge in [-0.3, -0.25) is 206 Å². The van der Waals surface area contributed by atoms with Crippen LogP contribution >= 0.6 is 0 Å². The highest BCUT2D eigenvalue weighted by molar-refractivity contribution is 6.33. The first-order valence-electron chi connectivity index (χ1n) is 52.9. The van der Waals surface area contributed by atoms with E-state index in [0.29, 0.717) is 29.4 Å². The van der Waals surface area contributed by atoms with E-state index in [1.54, 1.807) is 6.07 Å². The minimum Gasteiger partial charge on any atom is -0.398 e. The Labute approximate surface area is 855 Å². The van der Waals surface area contributed by atoms with Gasteiger partial charge in [0.1, 0.15) is 38.8 Å². The monoisotopic (exact) mass is 2030 g/mol. The lowest BCUT2D eigenvalue weighted by molar-refractivity contribution is -0.142. The number of piperidine rings is 7. The maximum absolute atomic E-state index is 12.7. The number of carbonyl (C=O) groups is 28. The number of nitrogens with two attached hydrogens (primary N) is 7. The van der Waals surface area contributed by atoms with Gasteiger partial charge in [-0.1, -0.05) is 42.4 Å². The van der Waals surface area contributed by atoms with Crippen molar-refractivity contribution in [1.82, 2.24) is 71.5 Å². The lowest BCUT2D eigenvalue weighted by Gasteiger charge is -2.38. The first-order chi connectivity index (χ1) is 76.5. The van der Waals surface area contributed by atoms with Crippen molar-refractivity contribution in [3.63, 3.8) is 0 Å². The van der Waals surface area contributed by atoms with Crippen LogP contribution < -0.4 is 77.4 Å². The molecule has 0 aromatic heterocycles. The van der Waals surface area contributed by atoms with Crippen molar-refractivity contribution in [2.75, 3.05) is 40.1 Å². The van der Waals surface area contributed by atoms with Crippen LogP contribution in [0.3, 0.4) is 0 Å². The van der Waals surface area contributed by atoms with Gasteiger partial charge in [-0.2, -0.15) is 0 Å². The third-order valence-corrected chi connectivity index (χ3v) is 26.5. The Bertz CT molecular complexity index is 7540. The molecule has 0 radical (unpaired) electrons.